The fraction of sp³-hybridized carbons (Fsp3) is 0.417. The van der Waals surface area contributed by atoms with Crippen molar-refractivity contribution >= 4 is 26.7 Å². The first-order valence-electron chi connectivity index (χ1n) is 10.9. The zero-order valence-corrected chi connectivity index (χ0v) is 19.7. The van der Waals surface area contributed by atoms with Crippen LogP contribution in [0.4, 0.5) is 0 Å². The number of fused-ring (bicyclic) bond motifs is 1. The summed E-state index contributed by atoms with van der Waals surface area (Å²) in [5.41, 5.74) is 0.282. The van der Waals surface area contributed by atoms with Crippen molar-refractivity contribution in [3.05, 3.63) is 48.5 Å². The van der Waals surface area contributed by atoms with Crippen LogP contribution in [0.1, 0.15) is 51.0 Å². The van der Waals surface area contributed by atoms with Gasteiger partial charge in [-0.25, -0.2) is 18.1 Å². The Balaban J connectivity index is 1.78. The number of aromatic nitrogens is 1. The summed E-state index contributed by atoms with van der Waals surface area (Å²) >= 11 is 0. The molecule has 1 fully saturated rings. The van der Waals surface area contributed by atoms with Gasteiger partial charge in [-0.05, 0) is 57.0 Å². The molecule has 7 nitrogen and oxygen atoms in total. The lowest BCUT2D eigenvalue weighted by atomic mass is 9.98. The molecule has 32 heavy (non-hydrogen) atoms. The van der Waals surface area contributed by atoms with Gasteiger partial charge in [0.05, 0.1) is 4.90 Å². The normalized spacial score (nSPS) is 15.9. The topological polar surface area (TPSA) is 92.5 Å². The zero-order chi connectivity index (χ0) is 23.1. The van der Waals surface area contributed by atoms with Crippen LogP contribution in [0.25, 0.3) is 22.1 Å². The van der Waals surface area contributed by atoms with Crippen molar-refractivity contribution in [2.45, 2.75) is 51.0 Å². The van der Waals surface area contributed by atoms with E-state index in [-0.39, 0.29) is 16.5 Å². The molecule has 1 N–H and O–H groups in total. The molecule has 0 atom stereocenters. The second-order valence-electron chi connectivity index (χ2n) is 9.52. The predicted molar refractivity (Wildman–Crippen MR) is 124 cm³/mol. The first-order valence-corrected chi connectivity index (χ1v) is 12.3. The molecule has 0 aliphatic carbocycles. The molecule has 1 aliphatic rings. The number of rotatable bonds is 4. The number of amides is 1. The lowest BCUT2D eigenvalue weighted by Gasteiger charge is -2.29. The quantitative estimate of drug-likeness (QED) is 0.628. The highest BCUT2D eigenvalue weighted by Crippen LogP contribution is 2.35. The average molecular weight is 456 g/mol. The van der Waals surface area contributed by atoms with E-state index in [1.54, 1.807) is 45.0 Å². The van der Waals surface area contributed by atoms with Crippen molar-refractivity contribution in [3.8, 4) is 11.3 Å². The molecule has 1 saturated heterocycles. The largest absolute Gasteiger partial charge is 0.443 e. The van der Waals surface area contributed by atoms with E-state index in [1.165, 1.54) is 6.39 Å². The van der Waals surface area contributed by atoms with Gasteiger partial charge in [0.15, 0.2) is 17.8 Å². The van der Waals surface area contributed by atoms with Gasteiger partial charge >= 0.3 is 0 Å². The summed E-state index contributed by atoms with van der Waals surface area (Å²) < 4.78 is 34.5. The minimum atomic E-state index is -3.75. The molecule has 1 amide bonds. The smallest absolute Gasteiger partial charge is 0.276 e. The molecular weight excluding hydrogens is 426 g/mol. The Morgan fingerprint density at radius 2 is 1.75 bits per heavy atom. The van der Waals surface area contributed by atoms with Gasteiger partial charge in [0.25, 0.3) is 5.91 Å². The minimum Gasteiger partial charge on any atom is -0.443 e. The van der Waals surface area contributed by atoms with Gasteiger partial charge < -0.3 is 9.32 Å². The highest BCUT2D eigenvalue weighted by molar-refractivity contribution is 7.89. The van der Waals surface area contributed by atoms with Gasteiger partial charge in [0.1, 0.15) is 0 Å². The lowest BCUT2D eigenvalue weighted by molar-refractivity contribution is 0.0692. The van der Waals surface area contributed by atoms with Crippen LogP contribution in [-0.4, -0.2) is 42.8 Å². The first kappa shape index (κ1) is 22.5. The van der Waals surface area contributed by atoms with Crippen molar-refractivity contribution in [3.63, 3.8) is 0 Å². The Morgan fingerprint density at radius 3 is 2.41 bits per heavy atom. The second-order valence-corrected chi connectivity index (χ2v) is 11.2. The van der Waals surface area contributed by atoms with Crippen molar-refractivity contribution in [1.82, 2.24) is 14.6 Å². The predicted octanol–water partition coefficient (Wildman–Crippen LogP) is 4.44. The van der Waals surface area contributed by atoms with E-state index in [1.807, 2.05) is 17.0 Å². The Labute approximate surface area is 188 Å². The van der Waals surface area contributed by atoms with E-state index in [0.717, 1.165) is 12.8 Å². The molecule has 0 unspecified atom stereocenters. The summed E-state index contributed by atoms with van der Waals surface area (Å²) in [5.74, 6) is 0.810. The molecule has 8 heteroatoms. The molecule has 3 aromatic rings. The number of benzene rings is 2. The van der Waals surface area contributed by atoms with Gasteiger partial charge in [0.2, 0.25) is 10.0 Å². The van der Waals surface area contributed by atoms with E-state index in [0.29, 0.717) is 41.1 Å². The highest BCUT2D eigenvalue weighted by Gasteiger charge is 2.29. The van der Waals surface area contributed by atoms with E-state index >= 15 is 0 Å². The van der Waals surface area contributed by atoms with Gasteiger partial charge in [-0.2, -0.15) is 0 Å². The van der Waals surface area contributed by atoms with Crippen LogP contribution < -0.4 is 4.72 Å². The van der Waals surface area contributed by atoms with Gasteiger partial charge in [-0.15, -0.1) is 0 Å². The van der Waals surface area contributed by atoms with E-state index in [9.17, 15) is 13.2 Å². The Hall–Kier alpha value is -2.71. The summed E-state index contributed by atoms with van der Waals surface area (Å²) in [5, 5.41) is 1.24. The van der Waals surface area contributed by atoms with Crippen LogP contribution in [0.3, 0.4) is 0 Å². The van der Waals surface area contributed by atoms with Crippen LogP contribution >= 0.6 is 0 Å². The number of carbonyl (C=O) groups is 1. The van der Waals surface area contributed by atoms with E-state index in [2.05, 4.69) is 16.6 Å². The fourth-order valence-corrected chi connectivity index (χ4v) is 5.74. The third-order valence-electron chi connectivity index (χ3n) is 5.70. The molecule has 2 heterocycles. The molecule has 1 aliphatic heterocycles. The number of nitrogens with one attached hydrogen (secondary N) is 1. The third kappa shape index (κ3) is 4.42. The Kier molecular flexibility index (Phi) is 5.85. The summed E-state index contributed by atoms with van der Waals surface area (Å²) in [6.07, 6.45) is 3.21. The molecule has 0 spiro atoms. The van der Waals surface area contributed by atoms with Crippen LogP contribution in [-0.2, 0) is 10.0 Å². The number of carbonyl (C=O) groups excluding carboxylic acids is 1. The van der Waals surface area contributed by atoms with Crippen LogP contribution in [0.2, 0.25) is 0 Å². The average Bonchev–Trinajstić information content (AvgIpc) is 3.21. The van der Waals surface area contributed by atoms with Gasteiger partial charge in [0, 0.05) is 29.6 Å². The lowest BCUT2D eigenvalue weighted by Crippen LogP contribution is -2.40. The molecule has 170 valence electrons. The number of nitrogens with zero attached hydrogens (tertiary/aromatic N) is 2. The number of piperidine rings is 1. The standard InChI is InChI=1S/C24H29N3O4S/c1-16-11-13-27(14-12-16)23(28)21-22(31-15-25-21)19-9-10-20(18-8-6-5-7-17(18)19)32(29,30)26-24(2,3)4/h5-10,15-16,26H,11-14H2,1-4H3. The molecule has 2 aromatic carbocycles. The van der Waals surface area contributed by atoms with E-state index < -0.39 is 15.6 Å². The zero-order valence-electron chi connectivity index (χ0n) is 18.9. The van der Waals surface area contributed by atoms with Crippen molar-refractivity contribution in [2.24, 2.45) is 5.92 Å². The molecule has 0 bridgehead atoms. The molecular formula is C24H29N3O4S. The van der Waals surface area contributed by atoms with Crippen LogP contribution in [0.15, 0.2) is 52.1 Å². The maximum atomic E-state index is 13.2. The van der Waals surface area contributed by atoms with Crippen LogP contribution in [0, 0.1) is 5.92 Å². The number of oxazole rings is 1. The number of likely N-dealkylation sites (tertiary alicyclic amines) is 1. The summed E-state index contributed by atoms with van der Waals surface area (Å²) in [6, 6.07) is 10.5. The van der Waals surface area contributed by atoms with Crippen LogP contribution in [0.5, 0.6) is 0 Å². The maximum absolute atomic E-state index is 13.2. The monoisotopic (exact) mass is 455 g/mol. The van der Waals surface area contributed by atoms with E-state index in [4.69, 9.17) is 4.42 Å². The number of hydrogen-bond donors (Lipinski definition) is 1. The Bertz CT molecular complexity index is 1250. The third-order valence-corrected chi connectivity index (χ3v) is 7.52. The highest BCUT2D eigenvalue weighted by atomic mass is 32.2. The summed E-state index contributed by atoms with van der Waals surface area (Å²) in [6.45, 7) is 8.99. The number of sulfonamides is 1. The summed E-state index contributed by atoms with van der Waals surface area (Å²) in [4.78, 5) is 19.4. The Morgan fingerprint density at radius 1 is 1.09 bits per heavy atom. The first-order chi connectivity index (χ1) is 15.1. The molecule has 0 radical (unpaired) electrons. The molecule has 0 saturated carbocycles. The minimum absolute atomic E-state index is 0.157. The molecule has 1 aromatic heterocycles. The van der Waals surface area contributed by atoms with Gasteiger partial charge in [-0.3, -0.25) is 4.79 Å². The SMILES string of the molecule is CC1CCN(C(=O)c2ncoc2-c2ccc(S(=O)(=O)NC(C)(C)C)c3ccccc23)CC1. The van der Waals surface area contributed by atoms with Crippen molar-refractivity contribution in [1.29, 1.82) is 0 Å². The maximum Gasteiger partial charge on any atom is 0.276 e. The fourth-order valence-electron chi connectivity index (χ4n) is 4.11. The second kappa shape index (κ2) is 8.33. The van der Waals surface area contributed by atoms with Crippen molar-refractivity contribution in [2.75, 3.05) is 13.1 Å². The molecule has 4 rings (SSSR count). The van der Waals surface area contributed by atoms with Crippen molar-refractivity contribution < 1.29 is 17.6 Å². The number of hydrogen-bond acceptors (Lipinski definition) is 5. The van der Waals surface area contributed by atoms with Gasteiger partial charge in [-0.1, -0.05) is 31.2 Å². The summed E-state index contributed by atoms with van der Waals surface area (Å²) in [7, 11) is -3.75.